The lowest BCUT2D eigenvalue weighted by molar-refractivity contribution is 0.334. The number of hydrogen-bond acceptors (Lipinski definition) is 2. The highest BCUT2D eigenvalue weighted by molar-refractivity contribution is 5.75. The van der Waals surface area contributed by atoms with Crippen molar-refractivity contribution in [3.05, 3.63) is 30.1 Å². The molecule has 1 N–H and O–H groups in total. The molecular weight excluding hydrogens is 198 g/mol. The zero-order valence-corrected chi connectivity index (χ0v) is 9.61. The van der Waals surface area contributed by atoms with Gasteiger partial charge in [0.15, 0.2) is 0 Å². The van der Waals surface area contributed by atoms with E-state index in [1.807, 2.05) is 6.07 Å². The van der Waals surface area contributed by atoms with Gasteiger partial charge < -0.3 is 9.88 Å². The summed E-state index contributed by atoms with van der Waals surface area (Å²) in [7, 11) is 2.09. The van der Waals surface area contributed by atoms with E-state index in [4.69, 9.17) is 0 Å². The van der Waals surface area contributed by atoms with Gasteiger partial charge >= 0.3 is 0 Å². The van der Waals surface area contributed by atoms with Crippen molar-refractivity contribution >= 4 is 11.0 Å². The summed E-state index contributed by atoms with van der Waals surface area (Å²) in [6.45, 7) is 0.885. The molecule has 2 aromatic rings. The average Bonchev–Trinajstić information content (AvgIpc) is 2.55. The monoisotopic (exact) mass is 215 g/mol. The first-order chi connectivity index (χ1) is 7.84. The van der Waals surface area contributed by atoms with Crippen LogP contribution in [0.25, 0.3) is 11.0 Å². The Balaban J connectivity index is 1.82. The number of hydrogen-bond donors (Lipinski definition) is 1. The summed E-state index contributed by atoms with van der Waals surface area (Å²) in [5.41, 5.74) is 2.31. The number of aryl methyl sites for hydroxylation is 1. The van der Waals surface area contributed by atoms with Gasteiger partial charge in [-0.2, -0.15) is 0 Å². The molecule has 1 aliphatic carbocycles. The van der Waals surface area contributed by atoms with E-state index in [2.05, 4.69) is 40.1 Å². The van der Waals surface area contributed by atoms with Gasteiger partial charge in [-0.15, -0.1) is 0 Å². The van der Waals surface area contributed by atoms with Crippen LogP contribution in [0.1, 0.15) is 25.1 Å². The smallest absolute Gasteiger partial charge is 0.123 e. The van der Waals surface area contributed by atoms with Gasteiger partial charge in [-0.25, -0.2) is 4.98 Å². The maximum absolute atomic E-state index is 4.64. The van der Waals surface area contributed by atoms with Crippen molar-refractivity contribution in [1.82, 2.24) is 14.9 Å². The normalized spacial score (nSPS) is 16.6. The molecule has 0 unspecified atom stereocenters. The van der Waals surface area contributed by atoms with Gasteiger partial charge in [-0.1, -0.05) is 18.6 Å². The highest BCUT2D eigenvalue weighted by atomic mass is 15.1. The van der Waals surface area contributed by atoms with E-state index in [9.17, 15) is 0 Å². The van der Waals surface area contributed by atoms with Crippen LogP contribution in [0.2, 0.25) is 0 Å². The second kappa shape index (κ2) is 3.91. The molecule has 0 bridgehead atoms. The Morgan fingerprint density at radius 3 is 2.88 bits per heavy atom. The fraction of sp³-hybridized carbons (Fsp3) is 0.462. The Labute approximate surface area is 95.5 Å². The Kier molecular flexibility index (Phi) is 2.40. The molecule has 3 nitrogen and oxygen atoms in total. The molecule has 1 heterocycles. The molecule has 1 aliphatic rings. The summed E-state index contributed by atoms with van der Waals surface area (Å²) in [4.78, 5) is 4.64. The van der Waals surface area contributed by atoms with Gasteiger partial charge in [-0.3, -0.25) is 0 Å². The summed E-state index contributed by atoms with van der Waals surface area (Å²) in [5.74, 6) is 1.13. The summed E-state index contributed by atoms with van der Waals surface area (Å²) in [6, 6.07) is 9.02. The molecule has 0 saturated heterocycles. The predicted octanol–water partition coefficient (Wildman–Crippen LogP) is 2.22. The van der Waals surface area contributed by atoms with Crippen molar-refractivity contribution in [2.45, 2.75) is 31.8 Å². The maximum Gasteiger partial charge on any atom is 0.123 e. The van der Waals surface area contributed by atoms with Crippen molar-refractivity contribution in [2.24, 2.45) is 7.05 Å². The van der Waals surface area contributed by atoms with E-state index < -0.39 is 0 Å². The fourth-order valence-electron chi connectivity index (χ4n) is 2.20. The molecule has 84 valence electrons. The minimum absolute atomic E-state index is 0.722. The van der Waals surface area contributed by atoms with Gasteiger partial charge in [-0.05, 0) is 25.0 Å². The topological polar surface area (TPSA) is 29.9 Å². The minimum atomic E-state index is 0.722. The SMILES string of the molecule is Cn1c(CNC2CCC2)nc2ccccc21. The lowest BCUT2D eigenvalue weighted by Gasteiger charge is -2.26. The second-order valence-electron chi connectivity index (χ2n) is 4.58. The van der Waals surface area contributed by atoms with Gasteiger partial charge in [0.1, 0.15) is 5.82 Å². The lowest BCUT2D eigenvalue weighted by atomic mass is 9.93. The molecule has 0 spiro atoms. The zero-order chi connectivity index (χ0) is 11.0. The molecule has 0 atom stereocenters. The molecular formula is C13H17N3. The number of imidazole rings is 1. The third kappa shape index (κ3) is 1.61. The van der Waals surface area contributed by atoms with E-state index >= 15 is 0 Å². The Morgan fingerprint density at radius 2 is 2.19 bits per heavy atom. The molecule has 3 rings (SSSR count). The number of rotatable bonds is 3. The Morgan fingerprint density at radius 1 is 1.38 bits per heavy atom. The van der Waals surface area contributed by atoms with Crippen LogP contribution in [0.5, 0.6) is 0 Å². The molecule has 0 radical (unpaired) electrons. The molecule has 0 aliphatic heterocycles. The van der Waals surface area contributed by atoms with Crippen LogP contribution < -0.4 is 5.32 Å². The van der Waals surface area contributed by atoms with Crippen LogP contribution in [-0.2, 0) is 13.6 Å². The molecule has 0 amide bonds. The van der Waals surface area contributed by atoms with Crippen LogP contribution in [0.4, 0.5) is 0 Å². The van der Waals surface area contributed by atoms with Crippen molar-refractivity contribution in [3.8, 4) is 0 Å². The summed E-state index contributed by atoms with van der Waals surface area (Å²) in [6.07, 6.45) is 4.02. The number of nitrogens with zero attached hydrogens (tertiary/aromatic N) is 2. The van der Waals surface area contributed by atoms with Crippen LogP contribution in [-0.4, -0.2) is 15.6 Å². The predicted molar refractivity (Wildman–Crippen MR) is 65.2 cm³/mol. The number of benzene rings is 1. The van der Waals surface area contributed by atoms with Gasteiger partial charge in [0, 0.05) is 13.1 Å². The summed E-state index contributed by atoms with van der Waals surface area (Å²) in [5, 5.41) is 3.55. The standard InChI is InChI=1S/C13H17N3/c1-16-12-8-3-2-7-11(12)15-13(16)9-14-10-5-4-6-10/h2-3,7-8,10,14H,4-6,9H2,1H3. The van der Waals surface area contributed by atoms with Gasteiger partial charge in [0.25, 0.3) is 0 Å². The third-order valence-electron chi connectivity index (χ3n) is 3.53. The number of nitrogens with one attached hydrogen (secondary N) is 1. The molecule has 1 saturated carbocycles. The van der Waals surface area contributed by atoms with E-state index in [0.29, 0.717) is 0 Å². The summed E-state index contributed by atoms with van der Waals surface area (Å²) < 4.78 is 2.18. The molecule has 1 aromatic carbocycles. The van der Waals surface area contributed by atoms with Crippen molar-refractivity contribution in [2.75, 3.05) is 0 Å². The number of para-hydroxylation sites is 2. The van der Waals surface area contributed by atoms with Crippen LogP contribution >= 0.6 is 0 Å². The molecule has 16 heavy (non-hydrogen) atoms. The van der Waals surface area contributed by atoms with Crippen molar-refractivity contribution < 1.29 is 0 Å². The van der Waals surface area contributed by atoms with E-state index in [0.717, 1.165) is 23.9 Å². The largest absolute Gasteiger partial charge is 0.330 e. The highest BCUT2D eigenvalue weighted by Gasteiger charge is 2.17. The molecule has 1 fully saturated rings. The van der Waals surface area contributed by atoms with Crippen LogP contribution in [0.15, 0.2) is 24.3 Å². The first-order valence-electron chi connectivity index (χ1n) is 5.98. The second-order valence-corrected chi connectivity index (χ2v) is 4.58. The third-order valence-corrected chi connectivity index (χ3v) is 3.53. The summed E-state index contributed by atoms with van der Waals surface area (Å²) >= 11 is 0. The fourth-order valence-corrected chi connectivity index (χ4v) is 2.20. The van der Waals surface area contributed by atoms with Crippen molar-refractivity contribution in [1.29, 1.82) is 0 Å². The van der Waals surface area contributed by atoms with Crippen molar-refractivity contribution in [3.63, 3.8) is 0 Å². The maximum atomic E-state index is 4.64. The Hall–Kier alpha value is -1.35. The zero-order valence-electron chi connectivity index (χ0n) is 9.61. The minimum Gasteiger partial charge on any atom is -0.330 e. The van der Waals surface area contributed by atoms with E-state index in [1.165, 1.54) is 24.8 Å². The van der Waals surface area contributed by atoms with Crippen LogP contribution in [0.3, 0.4) is 0 Å². The number of fused-ring (bicyclic) bond motifs is 1. The molecule has 3 heteroatoms. The Bertz CT molecular complexity index is 497. The van der Waals surface area contributed by atoms with E-state index in [1.54, 1.807) is 0 Å². The average molecular weight is 215 g/mol. The first kappa shape index (κ1) is 9.85. The highest BCUT2D eigenvalue weighted by Crippen LogP contribution is 2.19. The van der Waals surface area contributed by atoms with E-state index in [-0.39, 0.29) is 0 Å². The molecule has 1 aromatic heterocycles. The lowest BCUT2D eigenvalue weighted by Crippen LogP contribution is -2.35. The number of aromatic nitrogens is 2. The first-order valence-corrected chi connectivity index (χ1v) is 5.98. The quantitative estimate of drug-likeness (QED) is 0.850. The van der Waals surface area contributed by atoms with Gasteiger partial charge in [0.2, 0.25) is 0 Å². The van der Waals surface area contributed by atoms with Crippen LogP contribution in [0, 0.1) is 0 Å². The van der Waals surface area contributed by atoms with Gasteiger partial charge in [0.05, 0.1) is 17.6 Å².